The summed E-state index contributed by atoms with van der Waals surface area (Å²) in [6.45, 7) is 0. The Morgan fingerprint density at radius 2 is 0.400 bits per heavy atom. The van der Waals surface area contributed by atoms with Crippen LogP contribution < -0.4 is 0 Å². The lowest BCUT2D eigenvalue weighted by Crippen LogP contribution is -1.90. The average Bonchev–Trinajstić information content (AvgIpc) is 3.35. The van der Waals surface area contributed by atoms with E-state index in [9.17, 15) is 0 Å². The van der Waals surface area contributed by atoms with Crippen LogP contribution in [0.2, 0.25) is 0 Å². The minimum Gasteiger partial charge on any atom is -0.256 e. The lowest BCUT2D eigenvalue weighted by atomic mass is 9.89. The molecule has 0 saturated carbocycles. The van der Waals surface area contributed by atoms with Crippen molar-refractivity contribution in [1.82, 2.24) is 4.98 Å². The van der Waals surface area contributed by atoms with E-state index in [0.717, 1.165) is 44.6 Å². The van der Waals surface area contributed by atoms with Crippen molar-refractivity contribution in [3.05, 3.63) is 249 Å². The standard InChI is InChI=1S/C59H41N/c1-4-16-42(17-5-1)45-22-12-23-46(32-45)47-24-13-27-50(33-47)55-39-56(51-28-14-25-48(34-51)49-26-15-29-52(35-49)59-30-10-11-31-60-59)41-58(40-55)57-37-53(43-18-6-2-7-19-43)36-54(38-57)44-20-8-3-9-21-44/h1-41H. The van der Waals surface area contributed by atoms with E-state index in [1.165, 1.54) is 55.6 Å². The lowest BCUT2D eigenvalue weighted by molar-refractivity contribution is 1.33. The Balaban J connectivity index is 1.13. The Kier molecular flexibility index (Phi) is 10.1. The molecule has 0 aliphatic carbocycles. The molecule has 1 heterocycles. The van der Waals surface area contributed by atoms with Gasteiger partial charge in [-0.1, -0.05) is 170 Å². The summed E-state index contributed by atoms with van der Waals surface area (Å²) in [5, 5.41) is 0. The number of hydrogen-bond donors (Lipinski definition) is 0. The van der Waals surface area contributed by atoms with Crippen LogP contribution in [0.3, 0.4) is 0 Å². The van der Waals surface area contributed by atoms with Gasteiger partial charge in [-0.15, -0.1) is 0 Å². The molecule has 0 aliphatic heterocycles. The number of aromatic nitrogens is 1. The van der Waals surface area contributed by atoms with Crippen molar-refractivity contribution in [2.75, 3.05) is 0 Å². The summed E-state index contributed by atoms with van der Waals surface area (Å²) in [4.78, 5) is 4.62. The van der Waals surface area contributed by atoms with E-state index in [1.54, 1.807) is 0 Å². The molecule has 0 saturated heterocycles. The maximum Gasteiger partial charge on any atom is 0.0702 e. The van der Waals surface area contributed by atoms with Gasteiger partial charge < -0.3 is 0 Å². The van der Waals surface area contributed by atoms with Gasteiger partial charge in [-0.2, -0.15) is 0 Å². The zero-order chi connectivity index (χ0) is 40.1. The van der Waals surface area contributed by atoms with Crippen LogP contribution in [0.1, 0.15) is 0 Å². The highest BCUT2D eigenvalue weighted by Gasteiger charge is 2.13. The smallest absolute Gasteiger partial charge is 0.0702 e. The summed E-state index contributed by atoms with van der Waals surface area (Å²) in [6.07, 6.45) is 1.85. The quantitative estimate of drug-likeness (QED) is 0.143. The molecule has 60 heavy (non-hydrogen) atoms. The Morgan fingerprint density at radius 1 is 0.167 bits per heavy atom. The first-order chi connectivity index (χ1) is 29.7. The molecule has 0 bridgehead atoms. The van der Waals surface area contributed by atoms with E-state index in [2.05, 4.69) is 236 Å². The van der Waals surface area contributed by atoms with Crippen molar-refractivity contribution < 1.29 is 0 Å². The fourth-order valence-electron chi connectivity index (χ4n) is 8.17. The van der Waals surface area contributed by atoms with Gasteiger partial charge in [0.1, 0.15) is 0 Å². The molecule has 0 fully saturated rings. The minimum atomic E-state index is 0.967. The highest BCUT2D eigenvalue weighted by Crippen LogP contribution is 2.39. The third-order valence-electron chi connectivity index (χ3n) is 11.3. The predicted octanol–water partition coefficient (Wildman–Crippen LogP) is 16.1. The third kappa shape index (κ3) is 7.85. The first-order valence-corrected chi connectivity index (χ1v) is 20.5. The lowest BCUT2D eigenvalue weighted by Gasteiger charge is -2.16. The van der Waals surface area contributed by atoms with Gasteiger partial charge in [0.15, 0.2) is 0 Å². The van der Waals surface area contributed by atoms with Gasteiger partial charge in [-0.3, -0.25) is 4.98 Å². The van der Waals surface area contributed by atoms with Gasteiger partial charge in [0.05, 0.1) is 5.69 Å². The Morgan fingerprint density at radius 3 is 0.767 bits per heavy atom. The van der Waals surface area contributed by atoms with Crippen LogP contribution in [0, 0.1) is 0 Å². The first kappa shape index (κ1) is 36.5. The fraction of sp³-hybridized carbons (Fsp3) is 0. The van der Waals surface area contributed by atoms with Crippen LogP contribution in [0.4, 0.5) is 0 Å². The Bertz CT molecular complexity index is 2860. The van der Waals surface area contributed by atoms with Crippen LogP contribution in [-0.4, -0.2) is 4.98 Å². The number of benzene rings is 9. The maximum absolute atomic E-state index is 4.62. The number of pyridine rings is 1. The van der Waals surface area contributed by atoms with E-state index in [0.29, 0.717) is 0 Å². The topological polar surface area (TPSA) is 12.9 Å². The molecule has 0 amide bonds. The maximum atomic E-state index is 4.62. The number of rotatable bonds is 9. The van der Waals surface area contributed by atoms with Crippen LogP contribution in [0.25, 0.3) is 100 Å². The van der Waals surface area contributed by atoms with Crippen LogP contribution in [-0.2, 0) is 0 Å². The van der Waals surface area contributed by atoms with Gasteiger partial charge in [0.2, 0.25) is 0 Å². The summed E-state index contributed by atoms with van der Waals surface area (Å²) in [6, 6.07) is 87.6. The molecule has 0 unspecified atom stereocenters. The van der Waals surface area contributed by atoms with E-state index >= 15 is 0 Å². The van der Waals surface area contributed by atoms with Crippen molar-refractivity contribution in [2.45, 2.75) is 0 Å². The summed E-state index contributed by atoms with van der Waals surface area (Å²) in [7, 11) is 0. The van der Waals surface area contributed by atoms with Gasteiger partial charge >= 0.3 is 0 Å². The van der Waals surface area contributed by atoms with E-state index in [4.69, 9.17) is 0 Å². The summed E-state index contributed by atoms with van der Waals surface area (Å²) >= 11 is 0. The predicted molar refractivity (Wildman–Crippen MR) is 253 cm³/mol. The fourth-order valence-corrected chi connectivity index (χ4v) is 8.17. The van der Waals surface area contributed by atoms with Crippen molar-refractivity contribution in [1.29, 1.82) is 0 Å². The van der Waals surface area contributed by atoms with E-state index in [1.807, 2.05) is 18.3 Å². The number of hydrogen-bond acceptors (Lipinski definition) is 1. The molecule has 0 N–H and O–H groups in total. The van der Waals surface area contributed by atoms with Crippen LogP contribution in [0.15, 0.2) is 249 Å². The normalized spacial score (nSPS) is 11.0. The highest BCUT2D eigenvalue weighted by atomic mass is 14.7. The highest BCUT2D eigenvalue weighted by molar-refractivity contribution is 5.88. The SMILES string of the molecule is c1ccc(-c2cccc(-c3cccc(-c4cc(-c5cccc(-c6cccc(-c7ccccn7)c6)c5)cc(-c5cc(-c6ccccc6)cc(-c6ccccc6)c5)c4)c3)c2)cc1. The molecule has 1 heteroatoms. The zero-order valence-electron chi connectivity index (χ0n) is 33.1. The third-order valence-corrected chi connectivity index (χ3v) is 11.3. The molecular weight excluding hydrogens is 723 g/mol. The van der Waals surface area contributed by atoms with Crippen molar-refractivity contribution in [3.63, 3.8) is 0 Å². The molecule has 0 radical (unpaired) electrons. The molecule has 0 atom stereocenters. The van der Waals surface area contributed by atoms with Crippen molar-refractivity contribution >= 4 is 0 Å². The first-order valence-electron chi connectivity index (χ1n) is 20.5. The van der Waals surface area contributed by atoms with Crippen LogP contribution in [0.5, 0.6) is 0 Å². The Hall–Kier alpha value is -7.87. The average molecular weight is 764 g/mol. The Labute approximate surface area is 352 Å². The molecule has 1 nitrogen and oxygen atoms in total. The molecule has 10 aromatic rings. The zero-order valence-corrected chi connectivity index (χ0v) is 33.1. The summed E-state index contributed by atoms with van der Waals surface area (Å²) in [5.41, 5.74) is 20.9. The molecule has 282 valence electrons. The molecule has 1 aromatic heterocycles. The second kappa shape index (κ2) is 16.5. The molecule has 0 aliphatic rings. The molecule has 10 rings (SSSR count). The summed E-state index contributed by atoms with van der Waals surface area (Å²) in [5.74, 6) is 0. The minimum absolute atomic E-state index is 0.967. The largest absolute Gasteiger partial charge is 0.256 e. The van der Waals surface area contributed by atoms with Gasteiger partial charge in [-0.25, -0.2) is 0 Å². The monoisotopic (exact) mass is 763 g/mol. The van der Waals surface area contributed by atoms with E-state index < -0.39 is 0 Å². The number of nitrogens with zero attached hydrogens (tertiary/aromatic N) is 1. The second-order valence-electron chi connectivity index (χ2n) is 15.2. The van der Waals surface area contributed by atoms with Gasteiger partial charge in [0.25, 0.3) is 0 Å². The molecular formula is C59H41N. The van der Waals surface area contributed by atoms with Gasteiger partial charge in [0, 0.05) is 11.8 Å². The van der Waals surface area contributed by atoms with Gasteiger partial charge in [-0.05, 0) is 162 Å². The molecule has 0 spiro atoms. The van der Waals surface area contributed by atoms with Crippen molar-refractivity contribution in [2.24, 2.45) is 0 Å². The second-order valence-corrected chi connectivity index (χ2v) is 15.2. The molecule has 9 aromatic carbocycles. The van der Waals surface area contributed by atoms with Crippen LogP contribution >= 0.6 is 0 Å². The van der Waals surface area contributed by atoms with E-state index in [-0.39, 0.29) is 0 Å². The van der Waals surface area contributed by atoms with Crippen molar-refractivity contribution in [3.8, 4) is 100 Å². The summed E-state index contributed by atoms with van der Waals surface area (Å²) < 4.78 is 0.